The number of nitrogens with two attached hydrogens (primary N) is 1. The molecule has 116 valence electrons. The van der Waals surface area contributed by atoms with Crippen LogP contribution in [0.5, 0.6) is 0 Å². The smallest absolute Gasteiger partial charge is 0.253 e. The maximum atomic E-state index is 11.9. The number of nitrogen functional groups attached to an aromatic ring is 1. The highest BCUT2D eigenvalue weighted by Gasteiger charge is 2.21. The Morgan fingerprint density at radius 1 is 1.33 bits per heavy atom. The number of benzene rings is 1. The first-order valence-electron chi connectivity index (χ1n) is 7.84. The molecule has 2 atom stereocenters. The molecule has 0 aliphatic heterocycles. The molecule has 1 fully saturated rings. The molecule has 0 spiro atoms. The van der Waals surface area contributed by atoms with Crippen molar-refractivity contribution in [3.63, 3.8) is 0 Å². The van der Waals surface area contributed by atoms with Crippen LogP contribution >= 0.6 is 0 Å². The SMILES string of the molecule is CC1CCCCC1CNc1ccc(C(=O)N(C)C)cc1N. The second-order valence-electron chi connectivity index (χ2n) is 6.40. The van der Waals surface area contributed by atoms with Crippen LogP contribution in [0.25, 0.3) is 0 Å². The van der Waals surface area contributed by atoms with E-state index in [1.807, 2.05) is 12.1 Å². The molecule has 3 N–H and O–H groups in total. The largest absolute Gasteiger partial charge is 0.397 e. The van der Waals surface area contributed by atoms with E-state index < -0.39 is 0 Å². The maximum absolute atomic E-state index is 11.9. The fraction of sp³-hybridized carbons (Fsp3) is 0.588. The Hall–Kier alpha value is -1.71. The van der Waals surface area contributed by atoms with Crippen LogP contribution in [0.1, 0.15) is 43.0 Å². The lowest BCUT2D eigenvalue weighted by molar-refractivity contribution is 0.0827. The van der Waals surface area contributed by atoms with Crippen LogP contribution in [0.15, 0.2) is 18.2 Å². The summed E-state index contributed by atoms with van der Waals surface area (Å²) in [6.45, 7) is 3.31. The summed E-state index contributed by atoms with van der Waals surface area (Å²) in [6.07, 6.45) is 5.33. The van der Waals surface area contributed by atoms with Gasteiger partial charge >= 0.3 is 0 Å². The standard InChI is InChI=1S/C17H27N3O/c1-12-6-4-5-7-14(12)11-19-16-9-8-13(10-15(16)18)17(21)20(2)3/h8-10,12,14,19H,4-7,11,18H2,1-3H3. The minimum atomic E-state index is -0.0193. The zero-order chi connectivity index (χ0) is 15.4. The van der Waals surface area contributed by atoms with E-state index in [9.17, 15) is 4.79 Å². The number of anilines is 2. The summed E-state index contributed by atoms with van der Waals surface area (Å²) in [5.74, 6) is 1.48. The lowest BCUT2D eigenvalue weighted by atomic mass is 9.80. The topological polar surface area (TPSA) is 58.4 Å². The lowest BCUT2D eigenvalue weighted by Gasteiger charge is -2.29. The van der Waals surface area contributed by atoms with Crippen molar-refractivity contribution in [1.82, 2.24) is 4.90 Å². The van der Waals surface area contributed by atoms with Crippen molar-refractivity contribution >= 4 is 17.3 Å². The van der Waals surface area contributed by atoms with Crippen molar-refractivity contribution in [1.29, 1.82) is 0 Å². The Balaban J connectivity index is 1.99. The van der Waals surface area contributed by atoms with Crippen LogP contribution < -0.4 is 11.1 Å². The summed E-state index contributed by atoms with van der Waals surface area (Å²) in [6, 6.07) is 5.51. The lowest BCUT2D eigenvalue weighted by Crippen LogP contribution is -2.25. The van der Waals surface area contributed by atoms with Crippen LogP contribution in [0.4, 0.5) is 11.4 Å². The third-order valence-corrected chi connectivity index (χ3v) is 4.55. The van der Waals surface area contributed by atoms with Crippen molar-refractivity contribution in [2.75, 3.05) is 31.7 Å². The highest BCUT2D eigenvalue weighted by atomic mass is 16.2. The van der Waals surface area contributed by atoms with Gasteiger partial charge in [0, 0.05) is 26.2 Å². The molecule has 4 heteroatoms. The van der Waals surface area contributed by atoms with Gasteiger partial charge in [-0.15, -0.1) is 0 Å². The monoisotopic (exact) mass is 289 g/mol. The maximum Gasteiger partial charge on any atom is 0.253 e. The summed E-state index contributed by atoms with van der Waals surface area (Å²) in [4.78, 5) is 13.5. The minimum Gasteiger partial charge on any atom is -0.397 e. The summed E-state index contributed by atoms with van der Waals surface area (Å²) in [5.41, 5.74) is 8.29. The van der Waals surface area contributed by atoms with E-state index in [0.29, 0.717) is 11.3 Å². The molecule has 0 radical (unpaired) electrons. The van der Waals surface area contributed by atoms with Crippen LogP contribution in [0, 0.1) is 11.8 Å². The number of nitrogens with zero attached hydrogens (tertiary/aromatic N) is 1. The molecule has 1 amide bonds. The molecule has 0 heterocycles. The first-order valence-corrected chi connectivity index (χ1v) is 7.84. The highest BCUT2D eigenvalue weighted by molar-refractivity contribution is 5.95. The molecule has 0 bridgehead atoms. The molecular formula is C17H27N3O. The van der Waals surface area contributed by atoms with Crippen molar-refractivity contribution in [2.45, 2.75) is 32.6 Å². The molecule has 2 unspecified atom stereocenters. The van der Waals surface area contributed by atoms with Gasteiger partial charge in [-0.05, 0) is 36.5 Å². The predicted molar refractivity (Wildman–Crippen MR) is 88.5 cm³/mol. The number of carbonyl (C=O) groups is 1. The van der Waals surface area contributed by atoms with E-state index >= 15 is 0 Å². The average Bonchev–Trinajstić information content (AvgIpc) is 2.46. The zero-order valence-electron chi connectivity index (χ0n) is 13.4. The molecule has 1 aromatic rings. The van der Waals surface area contributed by atoms with E-state index in [-0.39, 0.29) is 5.91 Å². The van der Waals surface area contributed by atoms with Crippen LogP contribution in [0.3, 0.4) is 0 Å². The van der Waals surface area contributed by atoms with Gasteiger partial charge in [-0.3, -0.25) is 4.79 Å². The van der Waals surface area contributed by atoms with E-state index in [1.165, 1.54) is 25.7 Å². The highest BCUT2D eigenvalue weighted by Crippen LogP contribution is 2.30. The molecule has 1 aliphatic rings. The normalized spacial score (nSPS) is 21.9. The second kappa shape index (κ2) is 6.83. The van der Waals surface area contributed by atoms with Crippen LogP contribution in [-0.4, -0.2) is 31.4 Å². The molecule has 1 aromatic carbocycles. The van der Waals surface area contributed by atoms with Crippen LogP contribution in [0.2, 0.25) is 0 Å². The van der Waals surface area contributed by atoms with Gasteiger partial charge in [0.2, 0.25) is 0 Å². The van der Waals surface area contributed by atoms with Gasteiger partial charge in [0.1, 0.15) is 0 Å². The molecule has 0 aromatic heterocycles. The van der Waals surface area contributed by atoms with Crippen molar-refractivity contribution in [3.8, 4) is 0 Å². The number of amides is 1. The van der Waals surface area contributed by atoms with Crippen molar-refractivity contribution in [3.05, 3.63) is 23.8 Å². The average molecular weight is 289 g/mol. The molecule has 2 rings (SSSR count). The van der Waals surface area contributed by atoms with E-state index in [4.69, 9.17) is 5.73 Å². The zero-order valence-corrected chi connectivity index (χ0v) is 13.4. The molecule has 1 aliphatic carbocycles. The molecule has 0 saturated heterocycles. The van der Waals surface area contributed by atoms with E-state index in [1.54, 1.807) is 25.1 Å². The first kappa shape index (κ1) is 15.7. The van der Waals surface area contributed by atoms with E-state index in [0.717, 1.165) is 24.1 Å². The molecule has 1 saturated carbocycles. The Labute approximate surface area is 127 Å². The van der Waals surface area contributed by atoms with Crippen molar-refractivity contribution in [2.24, 2.45) is 11.8 Å². The Bertz CT molecular complexity index is 499. The second-order valence-corrected chi connectivity index (χ2v) is 6.40. The summed E-state index contributed by atoms with van der Waals surface area (Å²) >= 11 is 0. The van der Waals surface area contributed by atoms with Gasteiger partial charge in [0.15, 0.2) is 0 Å². The molecule has 21 heavy (non-hydrogen) atoms. The number of carbonyl (C=O) groups excluding carboxylic acids is 1. The van der Waals surface area contributed by atoms with Gasteiger partial charge in [0.25, 0.3) is 5.91 Å². The predicted octanol–water partition coefficient (Wildman–Crippen LogP) is 3.21. The minimum absolute atomic E-state index is 0.0193. The number of hydrogen-bond acceptors (Lipinski definition) is 3. The molecular weight excluding hydrogens is 262 g/mol. The third-order valence-electron chi connectivity index (χ3n) is 4.55. The van der Waals surface area contributed by atoms with Gasteiger partial charge in [0.05, 0.1) is 11.4 Å². The quantitative estimate of drug-likeness (QED) is 0.837. The van der Waals surface area contributed by atoms with Gasteiger partial charge in [-0.2, -0.15) is 0 Å². The van der Waals surface area contributed by atoms with Gasteiger partial charge < -0.3 is 16.0 Å². The first-order chi connectivity index (χ1) is 9.99. The van der Waals surface area contributed by atoms with Gasteiger partial charge in [-0.25, -0.2) is 0 Å². The fourth-order valence-electron chi connectivity index (χ4n) is 3.05. The Kier molecular flexibility index (Phi) is 5.10. The van der Waals surface area contributed by atoms with Crippen molar-refractivity contribution < 1.29 is 4.79 Å². The summed E-state index contributed by atoms with van der Waals surface area (Å²) in [5, 5.41) is 3.46. The summed E-state index contributed by atoms with van der Waals surface area (Å²) in [7, 11) is 3.49. The van der Waals surface area contributed by atoms with E-state index in [2.05, 4.69) is 12.2 Å². The Morgan fingerprint density at radius 3 is 2.67 bits per heavy atom. The summed E-state index contributed by atoms with van der Waals surface area (Å²) < 4.78 is 0. The number of nitrogens with one attached hydrogen (secondary N) is 1. The third kappa shape index (κ3) is 3.90. The molecule has 4 nitrogen and oxygen atoms in total. The van der Waals surface area contributed by atoms with Gasteiger partial charge in [-0.1, -0.05) is 26.2 Å². The Morgan fingerprint density at radius 2 is 2.05 bits per heavy atom. The fourth-order valence-corrected chi connectivity index (χ4v) is 3.05. The number of hydrogen-bond donors (Lipinski definition) is 2. The van der Waals surface area contributed by atoms with Crippen LogP contribution in [-0.2, 0) is 0 Å². The number of rotatable bonds is 4.